The molecule has 1 aromatic heterocycles. The van der Waals surface area contributed by atoms with Crippen molar-refractivity contribution in [2.45, 2.75) is 0 Å². The molecular weight excluding hydrogens is 861 g/mol. The van der Waals surface area contributed by atoms with E-state index < -0.39 is 0 Å². The van der Waals surface area contributed by atoms with Crippen molar-refractivity contribution in [1.82, 2.24) is 0 Å². The van der Waals surface area contributed by atoms with Crippen LogP contribution < -0.4 is 9.80 Å². The van der Waals surface area contributed by atoms with Gasteiger partial charge in [0.2, 0.25) is 0 Å². The SMILES string of the molecule is c1ccc(-c2cccc(N(c3cccc(-c4ccccc4N(c4ccc(-c5ccc6ccccc6c5)cc4)c4ccc(-c5cccc6ccccc56)cc4)c3)c3cccc4c3oc3ccccc34)c2)cc1. The van der Waals surface area contributed by atoms with Crippen molar-refractivity contribution in [2.24, 2.45) is 0 Å². The maximum atomic E-state index is 6.75. The summed E-state index contributed by atoms with van der Waals surface area (Å²) < 4.78 is 6.75. The largest absolute Gasteiger partial charge is 0.454 e. The zero-order valence-electron chi connectivity index (χ0n) is 38.9. The Morgan fingerprint density at radius 2 is 0.732 bits per heavy atom. The van der Waals surface area contributed by atoms with E-state index in [1.807, 2.05) is 6.07 Å². The average Bonchev–Trinajstić information content (AvgIpc) is 3.83. The summed E-state index contributed by atoms with van der Waals surface area (Å²) in [5, 5.41) is 7.12. The number of hydrogen-bond donors (Lipinski definition) is 0. The van der Waals surface area contributed by atoms with Gasteiger partial charge in [-0.25, -0.2) is 0 Å². The van der Waals surface area contributed by atoms with E-state index in [4.69, 9.17) is 4.42 Å². The molecule has 0 radical (unpaired) electrons. The molecule has 0 aliphatic heterocycles. The third kappa shape index (κ3) is 7.76. The van der Waals surface area contributed by atoms with Crippen LogP contribution in [0.25, 0.3) is 88.0 Å². The monoisotopic (exact) mass is 906 g/mol. The zero-order valence-corrected chi connectivity index (χ0v) is 38.9. The van der Waals surface area contributed by atoms with Crippen molar-refractivity contribution in [2.75, 3.05) is 9.80 Å². The van der Waals surface area contributed by atoms with Crippen LogP contribution in [-0.2, 0) is 0 Å². The van der Waals surface area contributed by atoms with Crippen molar-refractivity contribution in [3.63, 3.8) is 0 Å². The summed E-state index contributed by atoms with van der Waals surface area (Å²) >= 11 is 0. The van der Waals surface area contributed by atoms with Crippen molar-refractivity contribution in [3.8, 4) is 44.5 Å². The van der Waals surface area contributed by atoms with Crippen LogP contribution in [0.15, 0.2) is 283 Å². The minimum Gasteiger partial charge on any atom is -0.454 e. The fourth-order valence-corrected chi connectivity index (χ4v) is 10.4. The normalized spacial score (nSPS) is 11.4. The molecule has 0 aliphatic carbocycles. The summed E-state index contributed by atoms with van der Waals surface area (Å²) in [4.78, 5) is 4.74. The minimum atomic E-state index is 0.842. The summed E-state index contributed by atoms with van der Waals surface area (Å²) in [6, 6.07) is 100. The van der Waals surface area contributed by atoms with Gasteiger partial charge in [0.15, 0.2) is 5.58 Å². The Morgan fingerprint density at radius 1 is 0.239 bits per heavy atom. The van der Waals surface area contributed by atoms with Gasteiger partial charge < -0.3 is 14.2 Å². The van der Waals surface area contributed by atoms with Crippen LogP contribution in [0.1, 0.15) is 0 Å². The molecule has 0 saturated heterocycles. The second-order valence-electron chi connectivity index (χ2n) is 18.1. The molecule has 0 aliphatic rings. The average molecular weight is 907 g/mol. The molecule has 13 rings (SSSR count). The highest BCUT2D eigenvalue weighted by Crippen LogP contribution is 2.46. The van der Waals surface area contributed by atoms with E-state index in [0.29, 0.717) is 0 Å². The van der Waals surface area contributed by atoms with Crippen LogP contribution in [-0.4, -0.2) is 0 Å². The van der Waals surface area contributed by atoms with E-state index in [2.05, 4.69) is 283 Å². The maximum absolute atomic E-state index is 6.75. The van der Waals surface area contributed by atoms with Crippen LogP contribution in [0.5, 0.6) is 0 Å². The maximum Gasteiger partial charge on any atom is 0.159 e. The number of benzene rings is 12. The van der Waals surface area contributed by atoms with Gasteiger partial charge >= 0.3 is 0 Å². The first-order chi connectivity index (χ1) is 35.2. The molecular formula is C68H46N2O. The first-order valence-electron chi connectivity index (χ1n) is 24.2. The van der Waals surface area contributed by atoms with Gasteiger partial charge in [-0.2, -0.15) is 0 Å². The fraction of sp³-hybridized carbons (Fsp3) is 0. The van der Waals surface area contributed by atoms with Crippen molar-refractivity contribution in [3.05, 3.63) is 279 Å². The standard InChI is InChI=1S/C68H46N2O/c1-2-16-47(17-3-1)53-22-12-24-58(45-53)70(66-32-15-30-64-63-28-9-11-33-67(63)71-68(64)66)59-25-13-23-55(46-59)62-27-8-10-31-65(62)69(56-40-36-49(37-41-56)54-35-34-48-18-4-5-20-52(48)44-54)57-42-38-51(39-43-57)61-29-14-21-50-19-6-7-26-60(50)61/h1-46H. The summed E-state index contributed by atoms with van der Waals surface area (Å²) in [6.07, 6.45) is 0. The lowest BCUT2D eigenvalue weighted by Crippen LogP contribution is -2.12. The molecule has 71 heavy (non-hydrogen) atoms. The quantitative estimate of drug-likeness (QED) is 0.136. The van der Waals surface area contributed by atoms with E-state index in [0.717, 1.165) is 78.3 Å². The molecule has 0 bridgehead atoms. The molecule has 3 heteroatoms. The fourth-order valence-electron chi connectivity index (χ4n) is 10.4. The van der Waals surface area contributed by atoms with Crippen LogP contribution >= 0.6 is 0 Å². The second kappa shape index (κ2) is 17.9. The number of hydrogen-bond acceptors (Lipinski definition) is 3. The Morgan fingerprint density at radius 3 is 1.54 bits per heavy atom. The first kappa shape index (κ1) is 41.7. The zero-order chi connectivity index (χ0) is 47.1. The highest BCUT2D eigenvalue weighted by Gasteiger charge is 2.22. The predicted molar refractivity (Wildman–Crippen MR) is 300 cm³/mol. The third-order valence-corrected chi connectivity index (χ3v) is 13.8. The van der Waals surface area contributed by atoms with Crippen LogP contribution in [0.2, 0.25) is 0 Å². The Kier molecular flexibility index (Phi) is 10.5. The van der Waals surface area contributed by atoms with E-state index in [1.165, 1.54) is 43.8 Å². The number of para-hydroxylation sites is 3. The summed E-state index contributed by atoms with van der Waals surface area (Å²) in [5.74, 6) is 0. The number of fused-ring (bicyclic) bond motifs is 5. The second-order valence-corrected chi connectivity index (χ2v) is 18.1. The number of nitrogens with zero attached hydrogens (tertiary/aromatic N) is 2. The van der Waals surface area contributed by atoms with E-state index in [1.54, 1.807) is 0 Å². The molecule has 0 amide bonds. The summed E-state index contributed by atoms with van der Waals surface area (Å²) in [6.45, 7) is 0. The number of anilines is 6. The van der Waals surface area contributed by atoms with Crippen LogP contribution in [0, 0.1) is 0 Å². The highest BCUT2D eigenvalue weighted by molar-refractivity contribution is 6.10. The molecule has 334 valence electrons. The summed E-state index contributed by atoms with van der Waals surface area (Å²) in [5.41, 5.74) is 17.2. The molecule has 0 atom stereocenters. The molecule has 13 aromatic rings. The molecule has 12 aromatic carbocycles. The van der Waals surface area contributed by atoms with Gasteiger partial charge in [-0.3, -0.25) is 0 Å². The molecule has 0 spiro atoms. The smallest absolute Gasteiger partial charge is 0.159 e. The lowest BCUT2D eigenvalue weighted by Gasteiger charge is -2.29. The number of furan rings is 1. The number of rotatable bonds is 10. The Bertz CT molecular complexity index is 4050. The predicted octanol–water partition coefficient (Wildman–Crippen LogP) is 19.5. The van der Waals surface area contributed by atoms with Gasteiger partial charge in [0, 0.05) is 39.1 Å². The molecule has 0 saturated carbocycles. The van der Waals surface area contributed by atoms with Gasteiger partial charge in [0.05, 0.1) is 11.4 Å². The molecule has 3 nitrogen and oxygen atoms in total. The lowest BCUT2D eigenvalue weighted by molar-refractivity contribution is 0.669. The molecule has 0 N–H and O–H groups in total. The van der Waals surface area contributed by atoms with Crippen LogP contribution in [0.3, 0.4) is 0 Å². The highest BCUT2D eigenvalue weighted by atomic mass is 16.3. The van der Waals surface area contributed by atoms with Gasteiger partial charge in [-0.05, 0) is 133 Å². The van der Waals surface area contributed by atoms with Crippen molar-refractivity contribution >= 4 is 77.6 Å². The summed E-state index contributed by atoms with van der Waals surface area (Å²) in [7, 11) is 0. The molecule has 0 unspecified atom stereocenters. The van der Waals surface area contributed by atoms with Crippen molar-refractivity contribution in [1.29, 1.82) is 0 Å². The van der Waals surface area contributed by atoms with E-state index >= 15 is 0 Å². The van der Waals surface area contributed by atoms with Gasteiger partial charge in [-0.15, -0.1) is 0 Å². The van der Waals surface area contributed by atoms with Gasteiger partial charge in [0.25, 0.3) is 0 Å². The van der Waals surface area contributed by atoms with Gasteiger partial charge in [0.1, 0.15) is 5.58 Å². The van der Waals surface area contributed by atoms with E-state index in [9.17, 15) is 0 Å². The molecule has 0 fully saturated rings. The van der Waals surface area contributed by atoms with Gasteiger partial charge in [-0.1, -0.05) is 206 Å². The lowest BCUT2D eigenvalue weighted by atomic mass is 9.97. The van der Waals surface area contributed by atoms with E-state index in [-0.39, 0.29) is 0 Å². The Hall–Kier alpha value is -9.44. The molecule has 1 heterocycles. The Labute approximate surface area is 413 Å². The van der Waals surface area contributed by atoms with Crippen LogP contribution in [0.4, 0.5) is 34.1 Å². The minimum absolute atomic E-state index is 0.842. The first-order valence-corrected chi connectivity index (χ1v) is 24.2. The van der Waals surface area contributed by atoms with Crippen molar-refractivity contribution < 1.29 is 4.42 Å². The Balaban J connectivity index is 0.957. The topological polar surface area (TPSA) is 19.6 Å². The third-order valence-electron chi connectivity index (χ3n) is 13.8.